The van der Waals surface area contributed by atoms with Crippen LogP contribution in [-0.2, 0) is 9.84 Å². The zero-order valence-electron chi connectivity index (χ0n) is 8.32. The summed E-state index contributed by atoms with van der Waals surface area (Å²) in [5.74, 6) is 0. The highest BCUT2D eigenvalue weighted by Gasteiger charge is 1.75. The molecule has 1 aromatic carbocycles. The van der Waals surface area contributed by atoms with E-state index in [1.807, 2.05) is 25.1 Å². The Morgan fingerprint density at radius 1 is 1.23 bits per heavy atom. The van der Waals surface area contributed by atoms with E-state index < -0.39 is 0 Å². The number of rotatable bonds is 3. The van der Waals surface area contributed by atoms with Crippen molar-refractivity contribution in [1.82, 2.24) is 0 Å². The van der Waals surface area contributed by atoms with E-state index in [1.54, 1.807) is 0 Å². The molecular formula is C11H17O2. The van der Waals surface area contributed by atoms with E-state index in [1.165, 1.54) is 5.56 Å². The molecular weight excluding hydrogens is 164 g/mol. The Morgan fingerprint density at radius 2 is 1.85 bits per heavy atom. The van der Waals surface area contributed by atoms with Crippen molar-refractivity contribution in [3.8, 4) is 0 Å². The molecule has 0 aliphatic heterocycles. The summed E-state index contributed by atoms with van der Waals surface area (Å²) >= 11 is 0. The van der Waals surface area contributed by atoms with Crippen molar-refractivity contribution in [1.29, 1.82) is 0 Å². The van der Waals surface area contributed by atoms with Gasteiger partial charge in [-0.25, -0.2) is 5.11 Å². The Kier molecular flexibility index (Phi) is 8.62. The SMILES string of the molecule is CCOCC[O].Cc1ccccc1. The van der Waals surface area contributed by atoms with Gasteiger partial charge in [0, 0.05) is 6.61 Å². The molecule has 0 heterocycles. The molecule has 13 heavy (non-hydrogen) atoms. The lowest BCUT2D eigenvalue weighted by atomic mass is 10.2. The first-order chi connectivity index (χ1) is 6.31. The maximum Gasteiger partial charge on any atom is 0.106 e. The molecule has 2 nitrogen and oxygen atoms in total. The highest BCUT2D eigenvalue weighted by atomic mass is 16.5. The van der Waals surface area contributed by atoms with E-state index in [0.717, 1.165) is 0 Å². The summed E-state index contributed by atoms with van der Waals surface area (Å²) in [5, 5.41) is 9.56. The highest BCUT2D eigenvalue weighted by Crippen LogP contribution is 1.92. The molecule has 0 fully saturated rings. The van der Waals surface area contributed by atoms with Crippen LogP contribution in [0.1, 0.15) is 12.5 Å². The number of benzene rings is 1. The van der Waals surface area contributed by atoms with Gasteiger partial charge in [-0.05, 0) is 13.8 Å². The molecule has 1 radical (unpaired) electrons. The largest absolute Gasteiger partial charge is 0.379 e. The van der Waals surface area contributed by atoms with Crippen molar-refractivity contribution in [3.05, 3.63) is 35.9 Å². The summed E-state index contributed by atoms with van der Waals surface area (Å²) in [5.41, 5.74) is 1.32. The summed E-state index contributed by atoms with van der Waals surface area (Å²) in [4.78, 5) is 0. The topological polar surface area (TPSA) is 29.1 Å². The minimum Gasteiger partial charge on any atom is -0.379 e. The molecule has 73 valence electrons. The molecule has 1 aromatic rings. The van der Waals surface area contributed by atoms with Gasteiger partial charge < -0.3 is 4.74 Å². The normalized spacial score (nSPS) is 8.85. The summed E-state index contributed by atoms with van der Waals surface area (Å²) in [6.07, 6.45) is 0. The number of hydrogen-bond donors (Lipinski definition) is 0. The average molecular weight is 181 g/mol. The molecule has 0 spiro atoms. The Bertz CT molecular complexity index is 181. The minimum atomic E-state index is -0.117. The fourth-order valence-corrected chi connectivity index (χ4v) is 0.738. The fourth-order valence-electron chi connectivity index (χ4n) is 0.738. The fraction of sp³-hybridized carbons (Fsp3) is 0.455. The van der Waals surface area contributed by atoms with Crippen LogP contribution in [0.25, 0.3) is 0 Å². The second-order valence-corrected chi connectivity index (χ2v) is 2.56. The predicted molar refractivity (Wildman–Crippen MR) is 53.2 cm³/mol. The second kappa shape index (κ2) is 9.23. The monoisotopic (exact) mass is 181 g/mol. The molecule has 0 atom stereocenters. The van der Waals surface area contributed by atoms with Crippen molar-refractivity contribution in [2.45, 2.75) is 13.8 Å². The van der Waals surface area contributed by atoms with E-state index >= 15 is 0 Å². The Balaban J connectivity index is 0.000000226. The van der Waals surface area contributed by atoms with Crippen LogP contribution in [0.4, 0.5) is 0 Å². The first-order valence-electron chi connectivity index (χ1n) is 4.48. The van der Waals surface area contributed by atoms with Crippen molar-refractivity contribution < 1.29 is 9.84 Å². The van der Waals surface area contributed by atoms with Crippen LogP contribution >= 0.6 is 0 Å². The summed E-state index contributed by atoms with van der Waals surface area (Å²) in [6, 6.07) is 10.3. The van der Waals surface area contributed by atoms with E-state index in [0.29, 0.717) is 13.2 Å². The molecule has 0 amide bonds. The van der Waals surface area contributed by atoms with E-state index in [9.17, 15) is 5.11 Å². The third-order valence-electron chi connectivity index (χ3n) is 1.37. The van der Waals surface area contributed by atoms with Gasteiger partial charge in [-0.2, -0.15) is 0 Å². The van der Waals surface area contributed by atoms with E-state index in [4.69, 9.17) is 0 Å². The van der Waals surface area contributed by atoms with Gasteiger partial charge in [0.05, 0.1) is 6.61 Å². The number of ether oxygens (including phenoxy) is 1. The number of aryl methyl sites for hydroxylation is 1. The van der Waals surface area contributed by atoms with Crippen LogP contribution in [0.15, 0.2) is 30.3 Å². The molecule has 0 saturated carbocycles. The van der Waals surface area contributed by atoms with Gasteiger partial charge in [0.2, 0.25) is 0 Å². The standard InChI is InChI=1S/C7H8.C4H9O2/c1-7-5-3-2-4-6-7;1-2-6-4-3-5/h2-6H,1H3;2-4H2,1H3. The second-order valence-electron chi connectivity index (χ2n) is 2.56. The lowest BCUT2D eigenvalue weighted by Gasteiger charge is -1.89. The van der Waals surface area contributed by atoms with Gasteiger partial charge in [-0.15, -0.1) is 0 Å². The Labute approximate surface area is 80.2 Å². The smallest absolute Gasteiger partial charge is 0.106 e. The Hall–Kier alpha value is -0.860. The van der Waals surface area contributed by atoms with Crippen LogP contribution in [0.2, 0.25) is 0 Å². The summed E-state index contributed by atoms with van der Waals surface area (Å²) < 4.78 is 4.67. The van der Waals surface area contributed by atoms with Crippen LogP contribution in [0.3, 0.4) is 0 Å². The highest BCUT2D eigenvalue weighted by molar-refractivity contribution is 5.11. The third-order valence-corrected chi connectivity index (χ3v) is 1.37. The molecule has 0 N–H and O–H groups in total. The quantitative estimate of drug-likeness (QED) is 0.658. The Morgan fingerprint density at radius 3 is 2.08 bits per heavy atom. The van der Waals surface area contributed by atoms with Crippen LogP contribution in [0.5, 0.6) is 0 Å². The predicted octanol–water partition coefficient (Wildman–Crippen LogP) is 2.45. The maximum absolute atomic E-state index is 9.56. The molecule has 2 heteroatoms. The molecule has 0 bridgehead atoms. The summed E-state index contributed by atoms with van der Waals surface area (Å²) in [6.45, 7) is 4.85. The molecule has 0 aromatic heterocycles. The van der Waals surface area contributed by atoms with Gasteiger partial charge in [0.15, 0.2) is 0 Å². The van der Waals surface area contributed by atoms with Crippen LogP contribution in [0, 0.1) is 6.92 Å². The van der Waals surface area contributed by atoms with Gasteiger partial charge in [-0.1, -0.05) is 35.9 Å². The molecule has 1 rings (SSSR count). The zero-order valence-corrected chi connectivity index (χ0v) is 8.32. The van der Waals surface area contributed by atoms with E-state index in [-0.39, 0.29) is 6.61 Å². The third kappa shape index (κ3) is 9.05. The summed E-state index contributed by atoms with van der Waals surface area (Å²) in [7, 11) is 0. The molecule has 0 saturated heterocycles. The lowest BCUT2D eigenvalue weighted by Crippen LogP contribution is -1.95. The van der Waals surface area contributed by atoms with Gasteiger partial charge >= 0.3 is 0 Å². The number of hydrogen-bond acceptors (Lipinski definition) is 1. The molecule has 0 unspecified atom stereocenters. The van der Waals surface area contributed by atoms with E-state index in [2.05, 4.69) is 23.8 Å². The minimum absolute atomic E-state index is 0.117. The first kappa shape index (κ1) is 12.1. The van der Waals surface area contributed by atoms with Gasteiger partial charge in [0.25, 0.3) is 0 Å². The first-order valence-corrected chi connectivity index (χ1v) is 4.48. The van der Waals surface area contributed by atoms with Crippen molar-refractivity contribution in [2.75, 3.05) is 19.8 Å². The molecule has 0 aliphatic rings. The van der Waals surface area contributed by atoms with Crippen LogP contribution in [-0.4, -0.2) is 19.8 Å². The van der Waals surface area contributed by atoms with Gasteiger partial charge in [-0.3, -0.25) is 0 Å². The van der Waals surface area contributed by atoms with Crippen LogP contribution < -0.4 is 0 Å². The van der Waals surface area contributed by atoms with Crippen molar-refractivity contribution >= 4 is 0 Å². The maximum atomic E-state index is 9.56. The van der Waals surface area contributed by atoms with Crippen molar-refractivity contribution in [2.24, 2.45) is 0 Å². The van der Waals surface area contributed by atoms with Gasteiger partial charge in [0.1, 0.15) is 6.61 Å². The average Bonchev–Trinajstić information content (AvgIpc) is 2.17. The van der Waals surface area contributed by atoms with Crippen molar-refractivity contribution in [3.63, 3.8) is 0 Å². The zero-order chi connectivity index (χ0) is 9.94. The lowest BCUT2D eigenvalue weighted by molar-refractivity contribution is 0.0706. The molecule has 0 aliphatic carbocycles.